The molecule has 0 bridgehead atoms. The van der Waals surface area contributed by atoms with Crippen molar-refractivity contribution in [2.24, 2.45) is 0 Å². The van der Waals surface area contributed by atoms with Crippen molar-refractivity contribution >= 4 is 27.1 Å². The molecule has 6 atom stereocenters. The Kier molecular flexibility index (Phi) is 7.62. The van der Waals surface area contributed by atoms with Gasteiger partial charge in [-0.05, 0) is 25.1 Å². The average molecular weight is 405 g/mol. The van der Waals surface area contributed by atoms with E-state index in [0.29, 0.717) is 11.8 Å². The molecule has 148 valence electrons. The molecule has 1 aliphatic heterocycles. The first-order chi connectivity index (χ1) is 11.3. The van der Waals surface area contributed by atoms with Gasteiger partial charge in [-0.1, -0.05) is 11.1 Å². The van der Waals surface area contributed by atoms with E-state index in [9.17, 15) is 34.1 Å². The van der Waals surface area contributed by atoms with Gasteiger partial charge in [0, 0.05) is 0 Å². The molecule has 0 saturated carbocycles. The molecule has 13 heteroatoms. The second-order valence-electron chi connectivity index (χ2n) is 5.94. The number of aliphatic hydroxyl groups excluding tert-OH is 4. The predicted molar refractivity (Wildman–Crippen MR) is 87.1 cm³/mol. The Morgan fingerprint density at radius 3 is 2.28 bits per heavy atom. The zero-order valence-electron chi connectivity index (χ0n) is 13.6. The highest BCUT2D eigenvalue weighted by Crippen LogP contribution is 2.32. The Hall–Kier alpha value is -0.510. The lowest BCUT2D eigenvalue weighted by Gasteiger charge is -2.39. The Balaban J connectivity index is 3.17. The highest BCUT2D eigenvalue weighted by Gasteiger charge is 2.46. The Morgan fingerprint density at radius 2 is 1.84 bits per heavy atom. The summed E-state index contributed by atoms with van der Waals surface area (Å²) in [4.78, 5) is 0. The van der Waals surface area contributed by atoms with Gasteiger partial charge in [-0.25, -0.2) is 4.55 Å². The van der Waals surface area contributed by atoms with E-state index in [1.165, 1.54) is 6.92 Å². The molecular formula is C12H23NO10S2. The minimum Gasteiger partial charge on any atom is -0.605 e. The fraction of sp³-hybridized carbons (Fsp3) is 0.917. The lowest BCUT2D eigenvalue weighted by Crippen LogP contribution is -2.57. The Labute approximate surface area is 149 Å². The van der Waals surface area contributed by atoms with Crippen LogP contribution in [0.3, 0.4) is 0 Å². The number of thioether (sulfide) groups is 1. The van der Waals surface area contributed by atoms with Crippen LogP contribution in [-0.4, -0.2) is 89.8 Å². The zero-order valence-corrected chi connectivity index (χ0v) is 15.2. The molecule has 0 aromatic carbocycles. The van der Waals surface area contributed by atoms with E-state index in [2.05, 4.69) is 0 Å². The van der Waals surface area contributed by atoms with Gasteiger partial charge in [-0.2, -0.15) is 0 Å². The van der Waals surface area contributed by atoms with Gasteiger partial charge in [0.15, 0.2) is 0 Å². The summed E-state index contributed by atoms with van der Waals surface area (Å²) < 4.78 is 35.7. The van der Waals surface area contributed by atoms with Crippen LogP contribution in [0.4, 0.5) is 0 Å². The standard InChI is InChI=1S/C12H23NO10S2/c1-3-12(2,18)4-7(13(19)25(20,21)22)24-11-10(17)9(16)8(15)6(5-14)23-11/h6,8-11,14-18H,3-5H2,1-2H3,(H,20,21,22). The van der Waals surface area contributed by atoms with Gasteiger partial charge in [0.2, 0.25) is 5.04 Å². The second-order valence-corrected chi connectivity index (χ2v) is 8.34. The molecule has 1 saturated heterocycles. The molecule has 25 heavy (non-hydrogen) atoms. The number of nitrogens with zero attached hydrogens (tertiary/aromatic N) is 1. The summed E-state index contributed by atoms with van der Waals surface area (Å²) >= 11 is 0.352. The van der Waals surface area contributed by atoms with Gasteiger partial charge in [-0.3, -0.25) is 0 Å². The van der Waals surface area contributed by atoms with Crippen LogP contribution in [0.25, 0.3) is 0 Å². The maximum absolute atomic E-state index is 11.8. The maximum atomic E-state index is 11.8. The summed E-state index contributed by atoms with van der Waals surface area (Å²) in [6, 6.07) is 0. The van der Waals surface area contributed by atoms with Crippen LogP contribution in [0.1, 0.15) is 26.7 Å². The van der Waals surface area contributed by atoms with Crippen molar-refractivity contribution in [1.29, 1.82) is 0 Å². The number of rotatable bonds is 6. The van der Waals surface area contributed by atoms with Crippen molar-refractivity contribution in [3.63, 3.8) is 0 Å². The van der Waals surface area contributed by atoms with Crippen LogP contribution in [0, 0.1) is 5.21 Å². The van der Waals surface area contributed by atoms with Crippen molar-refractivity contribution < 1.29 is 47.4 Å². The van der Waals surface area contributed by atoms with Crippen molar-refractivity contribution in [1.82, 2.24) is 0 Å². The predicted octanol–water partition coefficient (Wildman–Crippen LogP) is -2.22. The molecule has 11 nitrogen and oxygen atoms in total. The number of hydrogen-bond donors (Lipinski definition) is 6. The third kappa shape index (κ3) is 5.74. The van der Waals surface area contributed by atoms with Crippen LogP contribution in [0.2, 0.25) is 0 Å². The average Bonchev–Trinajstić information content (AvgIpc) is 2.52. The molecule has 6 N–H and O–H groups in total. The Morgan fingerprint density at radius 1 is 1.28 bits per heavy atom. The summed E-state index contributed by atoms with van der Waals surface area (Å²) in [6.07, 6.45) is -6.67. The summed E-state index contributed by atoms with van der Waals surface area (Å²) in [5.74, 6) is 0. The van der Waals surface area contributed by atoms with Crippen LogP contribution in [0.5, 0.6) is 0 Å². The largest absolute Gasteiger partial charge is 0.605 e. The van der Waals surface area contributed by atoms with Crippen LogP contribution in [0.15, 0.2) is 0 Å². The van der Waals surface area contributed by atoms with Crippen molar-refractivity contribution in [3.8, 4) is 0 Å². The molecule has 1 aliphatic rings. The minimum absolute atomic E-state index is 0.144. The van der Waals surface area contributed by atoms with Crippen LogP contribution < -0.4 is 0 Å². The normalized spacial score (nSPS) is 34.3. The Bertz CT molecular complexity index is 591. The lowest BCUT2D eigenvalue weighted by molar-refractivity contribution is -0.291. The molecule has 0 aromatic heterocycles. The molecule has 0 aliphatic carbocycles. The molecular weight excluding hydrogens is 382 g/mol. The molecule has 1 fully saturated rings. The fourth-order valence-electron chi connectivity index (χ4n) is 2.03. The van der Waals surface area contributed by atoms with Gasteiger partial charge in [0.05, 0.1) is 18.6 Å². The first-order valence-corrected chi connectivity index (χ1v) is 9.62. The second kappa shape index (κ2) is 8.45. The van der Waals surface area contributed by atoms with Gasteiger partial charge >= 0.3 is 10.3 Å². The van der Waals surface area contributed by atoms with Crippen molar-refractivity contribution in [2.45, 2.75) is 62.1 Å². The molecule has 0 aromatic rings. The van der Waals surface area contributed by atoms with E-state index >= 15 is 0 Å². The van der Waals surface area contributed by atoms with E-state index in [-0.39, 0.29) is 6.42 Å². The van der Waals surface area contributed by atoms with E-state index in [1.807, 2.05) is 0 Å². The highest BCUT2D eigenvalue weighted by atomic mass is 32.2. The van der Waals surface area contributed by atoms with E-state index in [4.69, 9.17) is 14.4 Å². The molecule has 0 amide bonds. The lowest BCUT2D eigenvalue weighted by atomic mass is 10.0. The highest BCUT2D eigenvalue weighted by molar-refractivity contribution is 8.14. The number of ether oxygens (including phenoxy) is 1. The van der Waals surface area contributed by atoms with E-state index < -0.39 is 68.0 Å². The van der Waals surface area contributed by atoms with Crippen molar-refractivity contribution in [2.75, 3.05) is 6.61 Å². The monoisotopic (exact) mass is 405 g/mol. The zero-order chi connectivity index (χ0) is 19.6. The third-order valence-electron chi connectivity index (χ3n) is 3.81. The SMILES string of the molecule is CCC(C)(O)CC(SC1OC(CO)C(O)C(O)C1O)=[N+]([O-])S(=O)(=O)O. The maximum Gasteiger partial charge on any atom is 0.518 e. The quantitative estimate of drug-likeness (QED) is 0.0700. The van der Waals surface area contributed by atoms with Gasteiger partial charge in [-0.15, -0.1) is 8.42 Å². The number of hydrogen-bond acceptors (Lipinski definition) is 10. The third-order valence-corrected chi connectivity index (χ3v) is 5.77. The summed E-state index contributed by atoms with van der Waals surface area (Å²) in [7, 11) is -5.18. The minimum atomic E-state index is -5.18. The molecule has 1 rings (SSSR count). The molecule has 0 spiro atoms. The smallest absolute Gasteiger partial charge is 0.518 e. The molecule has 1 heterocycles. The molecule has 0 radical (unpaired) electrons. The summed E-state index contributed by atoms with van der Waals surface area (Å²) in [5, 5.41) is 59.9. The van der Waals surface area contributed by atoms with Crippen LogP contribution >= 0.6 is 11.8 Å². The van der Waals surface area contributed by atoms with Gasteiger partial charge in [0.1, 0.15) is 29.9 Å². The summed E-state index contributed by atoms with van der Waals surface area (Å²) in [6.45, 7) is 2.21. The molecule has 6 unspecified atom stereocenters. The topological polar surface area (TPSA) is 191 Å². The van der Waals surface area contributed by atoms with Crippen LogP contribution in [-0.2, 0) is 15.0 Å². The van der Waals surface area contributed by atoms with Crippen molar-refractivity contribution in [3.05, 3.63) is 5.21 Å². The first kappa shape index (κ1) is 22.5. The van der Waals surface area contributed by atoms with Gasteiger partial charge in [0.25, 0.3) is 0 Å². The van der Waals surface area contributed by atoms with Gasteiger partial charge < -0.3 is 35.5 Å². The fourth-order valence-corrected chi connectivity index (χ4v) is 4.01. The van der Waals surface area contributed by atoms with E-state index in [1.54, 1.807) is 6.92 Å². The van der Waals surface area contributed by atoms with E-state index in [0.717, 1.165) is 0 Å². The summed E-state index contributed by atoms with van der Waals surface area (Å²) in [5.41, 5.74) is -2.93. The number of aliphatic hydroxyl groups is 5. The first-order valence-electron chi connectivity index (χ1n) is 7.34.